The minimum Gasteiger partial charge on any atom is -0.381 e. The number of fused-ring (bicyclic) bond motifs is 1. The Morgan fingerprint density at radius 3 is 2.30 bits per heavy atom. The van der Waals surface area contributed by atoms with Crippen LogP contribution in [0.4, 0.5) is 5.69 Å². The van der Waals surface area contributed by atoms with Crippen molar-refractivity contribution in [2.75, 3.05) is 5.32 Å². The number of rotatable bonds is 2. The first-order valence-electron chi connectivity index (χ1n) is 7.54. The van der Waals surface area contributed by atoms with Gasteiger partial charge in [0.25, 0.3) is 0 Å². The lowest BCUT2D eigenvalue weighted by molar-refractivity contribution is 0.162. The third-order valence-electron chi connectivity index (χ3n) is 4.91. The molecule has 3 rings (SSSR count). The van der Waals surface area contributed by atoms with E-state index in [1.54, 1.807) is 6.07 Å². The van der Waals surface area contributed by atoms with E-state index >= 15 is 0 Å². The Bertz CT molecular complexity index is 489. The van der Waals surface area contributed by atoms with E-state index in [0.717, 1.165) is 17.5 Å². The lowest BCUT2D eigenvalue weighted by Crippen LogP contribution is -2.34. The van der Waals surface area contributed by atoms with Gasteiger partial charge < -0.3 is 5.32 Å². The molecule has 20 heavy (non-hydrogen) atoms. The molecular weight excluding hydrogens is 313 g/mol. The van der Waals surface area contributed by atoms with Crippen molar-refractivity contribution in [1.82, 2.24) is 0 Å². The summed E-state index contributed by atoms with van der Waals surface area (Å²) >= 11 is 18.3. The molecule has 1 N–H and O–H groups in total. The monoisotopic (exact) mass is 331 g/mol. The Labute approximate surface area is 136 Å². The number of benzene rings is 1. The number of halogens is 3. The summed E-state index contributed by atoms with van der Waals surface area (Å²) in [6.45, 7) is 0. The standard InChI is InChI=1S/C16H20Cl3N/c17-13-8-15(19)16(9-14(13)18)20-12-6-5-10-3-1-2-4-11(10)7-12/h8-12,20H,1-7H2. The first kappa shape index (κ1) is 14.8. The van der Waals surface area contributed by atoms with E-state index in [4.69, 9.17) is 34.8 Å². The molecule has 3 unspecified atom stereocenters. The number of anilines is 1. The largest absolute Gasteiger partial charge is 0.381 e. The maximum Gasteiger partial charge on any atom is 0.0653 e. The maximum atomic E-state index is 6.25. The molecule has 0 aromatic heterocycles. The molecule has 3 atom stereocenters. The van der Waals surface area contributed by atoms with Crippen LogP contribution >= 0.6 is 34.8 Å². The molecule has 1 aromatic carbocycles. The Hall–Kier alpha value is -0.110. The highest BCUT2D eigenvalue weighted by Crippen LogP contribution is 2.42. The van der Waals surface area contributed by atoms with E-state index in [2.05, 4.69) is 5.32 Å². The van der Waals surface area contributed by atoms with Crippen molar-refractivity contribution >= 4 is 40.5 Å². The summed E-state index contributed by atoms with van der Waals surface area (Å²) < 4.78 is 0. The van der Waals surface area contributed by atoms with Crippen LogP contribution in [0, 0.1) is 11.8 Å². The Balaban J connectivity index is 1.68. The van der Waals surface area contributed by atoms with Gasteiger partial charge in [-0.3, -0.25) is 0 Å². The molecule has 0 heterocycles. The fourth-order valence-corrected chi connectivity index (χ4v) is 4.46. The summed E-state index contributed by atoms with van der Waals surface area (Å²) in [5.74, 6) is 1.86. The highest BCUT2D eigenvalue weighted by molar-refractivity contribution is 6.44. The molecule has 1 aromatic rings. The normalized spacial score (nSPS) is 29.9. The van der Waals surface area contributed by atoms with Crippen molar-refractivity contribution in [2.45, 2.75) is 51.0 Å². The summed E-state index contributed by atoms with van der Waals surface area (Å²) in [5, 5.41) is 5.31. The molecule has 0 radical (unpaired) electrons. The van der Waals surface area contributed by atoms with Crippen molar-refractivity contribution in [2.24, 2.45) is 11.8 Å². The van der Waals surface area contributed by atoms with Crippen molar-refractivity contribution in [1.29, 1.82) is 0 Å². The second kappa shape index (κ2) is 6.34. The molecule has 0 saturated heterocycles. The minimum absolute atomic E-state index is 0.512. The van der Waals surface area contributed by atoms with Crippen molar-refractivity contribution in [3.05, 3.63) is 27.2 Å². The molecule has 2 aliphatic rings. The zero-order valence-electron chi connectivity index (χ0n) is 11.5. The predicted molar refractivity (Wildman–Crippen MR) is 88.2 cm³/mol. The summed E-state index contributed by atoms with van der Waals surface area (Å²) in [6, 6.07) is 4.09. The van der Waals surface area contributed by atoms with Gasteiger partial charge in [0.2, 0.25) is 0 Å². The van der Waals surface area contributed by atoms with Gasteiger partial charge in [-0.05, 0) is 43.2 Å². The van der Waals surface area contributed by atoms with Gasteiger partial charge in [-0.15, -0.1) is 0 Å². The molecule has 0 aliphatic heterocycles. The van der Waals surface area contributed by atoms with E-state index < -0.39 is 0 Å². The molecular formula is C16H20Cl3N. The van der Waals surface area contributed by atoms with Crippen molar-refractivity contribution in [3.8, 4) is 0 Å². The van der Waals surface area contributed by atoms with Crippen LogP contribution < -0.4 is 5.32 Å². The Morgan fingerprint density at radius 2 is 1.50 bits per heavy atom. The average molecular weight is 333 g/mol. The van der Waals surface area contributed by atoms with Crippen LogP contribution in [-0.2, 0) is 0 Å². The second-order valence-corrected chi connectivity index (χ2v) is 7.43. The number of hydrogen-bond donors (Lipinski definition) is 1. The van der Waals surface area contributed by atoms with E-state index in [1.807, 2.05) is 6.07 Å². The SMILES string of the molecule is Clc1cc(Cl)c(NC2CCC3CCCCC3C2)cc1Cl. The van der Waals surface area contributed by atoms with E-state index in [1.165, 1.54) is 44.9 Å². The second-order valence-electron chi connectivity index (χ2n) is 6.21. The molecule has 4 heteroatoms. The zero-order chi connectivity index (χ0) is 14.1. The highest BCUT2D eigenvalue weighted by atomic mass is 35.5. The van der Waals surface area contributed by atoms with Crippen LogP contribution in [0.15, 0.2) is 12.1 Å². The Kier molecular flexibility index (Phi) is 4.69. The van der Waals surface area contributed by atoms with Crippen LogP contribution in [0.3, 0.4) is 0 Å². The lowest BCUT2D eigenvalue weighted by Gasteiger charge is -2.40. The first-order valence-corrected chi connectivity index (χ1v) is 8.68. The molecule has 0 spiro atoms. The topological polar surface area (TPSA) is 12.0 Å². The summed E-state index contributed by atoms with van der Waals surface area (Å²) in [6.07, 6.45) is 9.52. The number of hydrogen-bond acceptors (Lipinski definition) is 1. The molecule has 2 aliphatic carbocycles. The van der Waals surface area contributed by atoms with Crippen LogP contribution in [0.5, 0.6) is 0 Å². The smallest absolute Gasteiger partial charge is 0.0653 e. The van der Waals surface area contributed by atoms with Gasteiger partial charge in [0.15, 0.2) is 0 Å². The van der Waals surface area contributed by atoms with Gasteiger partial charge in [0.1, 0.15) is 0 Å². The highest BCUT2D eigenvalue weighted by Gasteiger charge is 2.32. The summed E-state index contributed by atoms with van der Waals surface area (Å²) in [5.41, 5.74) is 0.917. The van der Waals surface area contributed by atoms with Crippen LogP contribution in [0.25, 0.3) is 0 Å². The van der Waals surface area contributed by atoms with Crippen LogP contribution in [-0.4, -0.2) is 6.04 Å². The van der Waals surface area contributed by atoms with Crippen LogP contribution in [0.2, 0.25) is 15.1 Å². The lowest BCUT2D eigenvalue weighted by atomic mass is 9.69. The minimum atomic E-state index is 0.512. The van der Waals surface area contributed by atoms with Gasteiger partial charge in [-0.25, -0.2) is 0 Å². The third kappa shape index (κ3) is 3.21. The van der Waals surface area contributed by atoms with Gasteiger partial charge >= 0.3 is 0 Å². The summed E-state index contributed by atoms with van der Waals surface area (Å²) in [4.78, 5) is 0. The van der Waals surface area contributed by atoms with E-state index in [-0.39, 0.29) is 0 Å². The van der Waals surface area contributed by atoms with Crippen LogP contribution in [0.1, 0.15) is 44.9 Å². The van der Waals surface area contributed by atoms with Gasteiger partial charge in [-0.2, -0.15) is 0 Å². The van der Waals surface area contributed by atoms with Gasteiger partial charge in [0, 0.05) is 6.04 Å². The van der Waals surface area contributed by atoms with E-state index in [0.29, 0.717) is 21.1 Å². The third-order valence-corrected chi connectivity index (χ3v) is 5.94. The van der Waals surface area contributed by atoms with Gasteiger partial charge in [0.05, 0.1) is 20.8 Å². The quantitative estimate of drug-likeness (QED) is 0.616. The maximum absolute atomic E-state index is 6.25. The fraction of sp³-hybridized carbons (Fsp3) is 0.625. The van der Waals surface area contributed by atoms with Gasteiger partial charge in [-0.1, -0.05) is 60.5 Å². The van der Waals surface area contributed by atoms with E-state index in [9.17, 15) is 0 Å². The molecule has 0 bridgehead atoms. The average Bonchev–Trinajstić information content (AvgIpc) is 2.44. The molecule has 0 amide bonds. The predicted octanol–water partition coefficient (Wildman–Crippen LogP) is 6.42. The first-order chi connectivity index (χ1) is 9.63. The Morgan fingerprint density at radius 1 is 0.800 bits per heavy atom. The molecule has 110 valence electrons. The molecule has 2 saturated carbocycles. The van der Waals surface area contributed by atoms with Crippen molar-refractivity contribution < 1.29 is 0 Å². The summed E-state index contributed by atoms with van der Waals surface area (Å²) in [7, 11) is 0. The molecule has 1 nitrogen and oxygen atoms in total. The number of nitrogens with one attached hydrogen (secondary N) is 1. The van der Waals surface area contributed by atoms with Crippen molar-refractivity contribution in [3.63, 3.8) is 0 Å². The fourth-order valence-electron chi connectivity index (χ4n) is 3.86. The molecule has 2 fully saturated rings. The zero-order valence-corrected chi connectivity index (χ0v) is 13.7.